The van der Waals surface area contributed by atoms with Gasteiger partial charge in [-0.2, -0.15) is 0 Å². The monoisotopic (exact) mass is 287 g/mol. The zero-order valence-electron chi connectivity index (χ0n) is 11.3. The van der Waals surface area contributed by atoms with Gasteiger partial charge in [-0.1, -0.05) is 5.21 Å². The Bertz CT molecular complexity index is 792. The molecule has 0 saturated heterocycles. The number of anilines is 1. The number of imidazole rings is 1. The average Bonchev–Trinajstić information content (AvgIpc) is 3.07. The van der Waals surface area contributed by atoms with Crippen LogP contribution in [0.5, 0.6) is 0 Å². The summed E-state index contributed by atoms with van der Waals surface area (Å²) in [6.45, 7) is 1.01. The highest BCUT2D eigenvalue weighted by molar-refractivity contribution is 5.85. The summed E-state index contributed by atoms with van der Waals surface area (Å²) < 4.78 is 3.38. The molecule has 0 aliphatic carbocycles. The molecule has 0 spiro atoms. The Morgan fingerprint density at radius 2 is 2.29 bits per heavy atom. The minimum atomic E-state index is -1.09. The van der Waals surface area contributed by atoms with Gasteiger partial charge in [0.25, 0.3) is 0 Å². The zero-order valence-corrected chi connectivity index (χ0v) is 11.3. The third-order valence-electron chi connectivity index (χ3n) is 3.03. The Morgan fingerprint density at radius 3 is 3.05 bits per heavy atom. The molecule has 3 heterocycles. The van der Waals surface area contributed by atoms with E-state index < -0.39 is 5.97 Å². The van der Waals surface area contributed by atoms with Gasteiger partial charge in [0.2, 0.25) is 0 Å². The molecule has 3 rings (SSSR count). The molecule has 0 saturated carbocycles. The van der Waals surface area contributed by atoms with Gasteiger partial charge in [-0.25, -0.2) is 19.4 Å². The van der Waals surface area contributed by atoms with E-state index in [4.69, 9.17) is 5.11 Å². The highest BCUT2D eigenvalue weighted by Gasteiger charge is 2.09. The topological polar surface area (TPSA) is 111 Å². The van der Waals surface area contributed by atoms with Crippen LogP contribution >= 0.6 is 0 Å². The summed E-state index contributed by atoms with van der Waals surface area (Å²) in [5.74, 6) is -0.402. The van der Waals surface area contributed by atoms with Crippen molar-refractivity contribution < 1.29 is 9.90 Å². The Morgan fingerprint density at radius 1 is 1.43 bits per heavy atom. The number of nitrogens with zero attached hydrogens (tertiary/aromatic N) is 6. The Kier molecular flexibility index (Phi) is 3.22. The van der Waals surface area contributed by atoms with Crippen LogP contribution in [-0.2, 0) is 13.6 Å². The van der Waals surface area contributed by atoms with E-state index in [0.717, 1.165) is 11.0 Å². The van der Waals surface area contributed by atoms with Crippen molar-refractivity contribution in [2.75, 3.05) is 11.9 Å². The van der Waals surface area contributed by atoms with Gasteiger partial charge in [-0.05, 0) is 6.07 Å². The van der Waals surface area contributed by atoms with E-state index in [0.29, 0.717) is 18.9 Å². The molecule has 108 valence electrons. The van der Waals surface area contributed by atoms with Crippen molar-refractivity contribution in [3.05, 3.63) is 30.5 Å². The molecule has 0 unspecified atom stereocenters. The van der Waals surface area contributed by atoms with Crippen molar-refractivity contribution in [3.63, 3.8) is 0 Å². The molecule has 0 bridgehead atoms. The molecule has 2 N–H and O–H groups in total. The second kappa shape index (κ2) is 5.19. The standard InChI is InChI=1S/C12H13N7O2/c1-18-7-15-10-9(18)2-3-13-11(10)14-4-5-19-6-8(12(20)21)16-17-19/h2-3,6-7H,4-5H2,1H3,(H,13,14)(H,20,21). The van der Waals surface area contributed by atoms with Crippen LogP contribution in [0.25, 0.3) is 11.0 Å². The SMILES string of the molecule is Cn1cnc2c(NCCn3cc(C(=O)O)nn3)nccc21. The molecule has 0 aromatic carbocycles. The van der Waals surface area contributed by atoms with Crippen LogP contribution in [-0.4, -0.2) is 47.1 Å². The molecule has 0 fully saturated rings. The number of carboxylic acid groups (broad SMARTS) is 1. The number of pyridine rings is 1. The number of carbonyl (C=O) groups is 1. The largest absolute Gasteiger partial charge is 0.476 e. The lowest BCUT2D eigenvalue weighted by Gasteiger charge is -2.06. The Balaban J connectivity index is 1.67. The fourth-order valence-electron chi connectivity index (χ4n) is 1.99. The summed E-state index contributed by atoms with van der Waals surface area (Å²) in [5, 5.41) is 19.2. The lowest BCUT2D eigenvalue weighted by Crippen LogP contribution is -2.12. The van der Waals surface area contributed by atoms with Crippen LogP contribution in [0.3, 0.4) is 0 Å². The summed E-state index contributed by atoms with van der Waals surface area (Å²) in [6, 6.07) is 1.89. The highest BCUT2D eigenvalue weighted by atomic mass is 16.4. The molecular weight excluding hydrogens is 274 g/mol. The highest BCUT2D eigenvalue weighted by Crippen LogP contribution is 2.18. The van der Waals surface area contributed by atoms with E-state index >= 15 is 0 Å². The summed E-state index contributed by atoms with van der Waals surface area (Å²) in [5.41, 5.74) is 1.71. The number of carboxylic acids is 1. The number of hydrogen-bond donors (Lipinski definition) is 2. The normalized spacial score (nSPS) is 10.9. The predicted molar refractivity (Wildman–Crippen MR) is 74.0 cm³/mol. The number of aromatic nitrogens is 6. The number of nitrogens with one attached hydrogen (secondary N) is 1. The van der Waals surface area contributed by atoms with Gasteiger partial charge >= 0.3 is 5.97 Å². The van der Waals surface area contributed by atoms with Crippen molar-refractivity contribution >= 4 is 22.8 Å². The van der Waals surface area contributed by atoms with Crippen molar-refractivity contribution in [1.82, 2.24) is 29.5 Å². The fourth-order valence-corrected chi connectivity index (χ4v) is 1.99. The maximum Gasteiger partial charge on any atom is 0.358 e. The van der Waals surface area contributed by atoms with Gasteiger partial charge in [-0.15, -0.1) is 5.10 Å². The van der Waals surface area contributed by atoms with Crippen LogP contribution < -0.4 is 5.32 Å². The van der Waals surface area contributed by atoms with Crippen LogP contribution in [0.1, 0.15) is 10.5 Å². The van der Waals surface area contributed by atoms with Gasteiger partial charge in [-0.3, -0.25) is 0 Å². The second-order valence-corrected chi connectivity index (χ2v) is 4.48. The molecule has 3 aromatic rings. The van der Waals surface area contributed by atoms with Gasteiger partial charge < -0.3 is 15.0 Å². The molecule has 0 radical (unpaired) electrons. The first kappa shape index (κ1) is 13.0. The number of aromatic carboxylic acids is 1. The third-order valence-corrected chi connectivity index (χ3v) is 3.03. The predicted octanol–water partition coefficient (Wildman–Crippen LogP) is 0.370. The summed E-state index contributed by atoms with van der Waals surface area (Å²) in [7, 11) is 1.92. The molecule has 0 atom stereocenters. The van der Waals surface area contributed by atoms with E-state index in [1.54, 1.807) is 12.5 Å². The molecule has 0 aliphatic heterocycles. The minimum Gasteiger partial charge on any atom is -0.476 e. The molecule has 9 heteroatoms. The summed E-state index contributed by atoms with van der Waals surface area (Å²) in [6.07, 6.45) is 4.83. The maximum absolute atomic E-state index is 10.7. The van der Waals surface area contributed by atoms with E-state index in [-0.39, 0.29) is 5.69 Å². The van der Waals surface area contributed by atoms with E-state index in [1.165, 1.54) is 10.9 Å². The quantitative estimate of drug-likeness (QED) is 0.697. The fraction of sp³-hybridized carbons (Fsp3) is 0.250. The number of fused-ring (bicyclic) bond motifs is 1. The average molecular weight is 287 g/mol. The second-order valence-electron chi connectivity index (χ2n) is 4.48. The smallest absolute Gasteiger partial charge is 0.358 e. The van der Waals surface area contributed by atoms with E-state index in [2.05, 4.69) is 25.6 Å². The molecular formula is C12H13N7O2. The first-order chi connectivity index (χ1) is 10.1. The van der Waals surface area contributed by atoms with Crippen molar-refractivity contribution in [3.8, 4) is 0 Å². The van der Waals surface area contributed by atoms with Gasteiger partial charge in [0.05, 0.1) is 24.6 Å². The molecule has 0 aliphatic rings. The van der Waals surface area contributed by atoms with Crippen LogP contribution in [0.2, 0.25) is 0 Å². The molecule has 0 amide bonds. The van der Waals surface area contributed by atoms with Gasteiger partial charge in [0.1, 0.15) is 5.52 Å². The first-order valence-corrected chi connectivity index (χ1v) is 6.28. The molecule has 21 heavy (non-hydrogen) atoms. The van der Waals surface area contributed by atoms with Crippen LogP contribution in [0.4, 0.5) is 5.82 Å². The van der Waals surface area contributed by atoms with Crippen molar-refractivity contribution in [2.24, 2.45) is 7.05 Å². The van der Waals surface area contributed by atoms with E-state index in [1.807, 2.05) is 17.7 Å². The lowest BCUT2D eigenvalue weighted by atomic mass is 10.3. The van der Waals surface area contributed by atoms with E-state index in [9.17, 15) is 4.79 Å². The first-order valence-electron chi connectivity index (χ1n) is 6.28. The van der Waals surface area contributed by atoms with Gasteiger partial charge in [0, 0.05) is 19.8 Å². The lowest BCUT2D eigenvalue weighted by molar-refractivity contribution is 0.0690. The minimum absolute atomic E-state index is 0.0695. The number of rotatable bonds is 5. The van der Waals surface area contributed by atoms with Gasteiger partial charge in [0.15, 0.2) is 11.5 Å². The van der Waals surface area contributed by atoms with Crippen molar-refractivity contribution in [2.45, 2.75) is 6.54 Å². The van der Waals surface area contributed by atoms with Crippen LogP contribution in [0, 0.1) is 0 Å². The van der Waals surface area contributed by atoms with Crippen molar-refractivity contribution in [1.29, 1.82) is 0 Å². The third kappa shape index (κ3) is 2.53. The maximum atomic E-state index is 10.7. The Hall–Kier alpha value is -2.97. The summed E-state index contributed by atoms with van der Waals surface area (Å²) >= 11 is 0. The van der Waals surface area contributed by atoms with Crippen LogP contribution in [0.15, 0.2) is 24.8 Å². The summed E-state index contributed by atoms with van der Waals surface area (Å²) in [4.78, 5) is 19.3. The molecule has 3 aromatic heterocycles. The Labute approximate surface area is 119 Å². The zero-order chi connectivity index (χ0) is 14.8. The number of hydrogen-bond acceptors (Lipinski definition) is 6. The molecule has 9 nitrogen and oxygen atoms in total. The number of aryl methyl sites for hydroxylation is 1.